The van der Waals surface area contributed by atoms with Gasteiger partial charge in [0.1, 0.15) is 11.5 Å². The van der Waals surface area contributed by atoms with Crippen LogP contribution in [0.25, 0.3) is 0 Å². The number of carbonyl (C=O) groups is 1. The molecule has 0 aliphatic carbocycles. The summed E-state index contributed by atoms with van der Waals surface area (Å²) in [6, 6.07) is 10.1. The molecular weight excluding hydrogens is 320 g/mol. The monoisotopic (exact) mass is 336 g/mol. The van der Waals surface area contributed by atoms with Crippen LogP contribution in [0.5, 0.6) is 11.5 Å². The van der Waals surface area contributed by atoms with E-state index in [9.17, 15) is 13.2 Å². The second-order valence-electron chi connectivity index (χ2n) is 4.81. The number of hydrogen-bond acceptors (Lipinski definition) is 5. The van der Waals surface area contributed by atoms with E-state index in [2.05, 4.69) is 0 Å². The Kier molecular flexibility index (Phi) is 4.90. The zero-order chi connectivity index (χ0) is 17.0. The predicted molar refractivity (Wildman–Crippen MR) is 83.8 cm³/mol. The van der Waals surface area contributed by atoms with E-state index in [0.717, 1.165) is 6.07 Å². The molecule has 0 heterocycles. The van der Waals surface area contributed by atoms with Crippen molar-refractivity contribution in [1.82, 2.24) is 0 Å². The van der Waals surface area contributed by atoms with Gasteiger partial charge in [-0.2, -0.15) is 0 Å². The number of rotatable bonds is 6. The second kappa shape index (κ2) is 6.70. The van der Waals surface area contributed by atoms with Gasteiger partial charge in [-0.15, -0.1) is 0 Å². The largest absolute Gasteiger partial charge is 0.497 e. The van der Waals surface area contributed by atoms with E-state index in [1.165, 1.54) is 32.4 Å². The number of ether oxygens (including phenoxy) is 2. The first-order valence-electron chi connectivity index (χ1n) is 6.64. The van der Waals surface area contributed by atoms with Gasteiger partial charge in [0.2, 0.25) is 0 Å². The molecule has 2 rings (SSSR count). The minimum Gasteiger partial charge on any atom is -0.497 e. The Morgan fingerprint density at radius 3 is 2.17 bits per heavy atom. The lowest BCUT2D eigenvalue weighted by Crippen LogP contribution is -2.07. The van der Waals surface area contributed by atoms with E-state index in [4.69, 9.17) is 14.6 Å². The lowest BCUT2D eigenvalue weighted by molar-refractivity contribution is 0.0696. The Morgan fingerprint density at radius 1 is 1.04 bits per heavy atom. The molecule has 0 atom stereocenters. The minimum absolute atomic E-state index is 0.0424. The maximum absolute atomic E-state index is 12.5. The molecule has 0 saturated heterocycles. The summed E-state index contributed by atoms with van der Waals surface area (Å²) < 4.78 is 35.2. The summed E-state index contributed by atoms with van der Waals surface area (Å²) in [4.78, 5) is 10.9. The third-order valence-electron chi connectivity index (χ3n) is 3.21. The van der Waals surface area contributed by atoms with E-state index < -0.39 is 15.8 Å². The second-order valence-corrected chi connectivity index (χ2v) is 6.80. The van der Waals surface area contributed by atoms with Crippen LogP contribution in [0.2, 0.25) is 0 Å². The van der Waals surface area contributed by atoms with Crippen molar-refractivity contribution in [3.63, 3.8) is 0 Å². The molecule has 6 nitrogen and oxygen atoms in total. The maximum Gasteiger partial charge on any atom is 0.335 e. The molecule has 23 heavy (non-hydrogen) atoms. The fourth-order valence-electron chi connectivity index (χ4n) is 2.08. The SMILES string of the molecule is COc1cc(CS(=O)(=O)c2cccc(C(=O)O)c2)cc(OC)c1. The third-order valence-corrected chi connectivity index (χ3v) is 4.89. The summed E-state index contributed by atoms with van der Waals surface area (Å²) in [5.74, 6) is -0.503. The Balaban J connectivity index is 2.38. The Hall–Kier alpha value is -2.54. The molecule has 0 aliphatic heterocycles. The minimum atomic E-state index is -3.69. The molecule has 0 fully saturated rings. The molecule has 2 aromatic rings. The van der Waals surface area contributed by atoms with Gasteiger partial charge in [0.15, 0.2) is 9.84 Å². The van der Waals surface area contributed by atoms with Crippen molar-refractivity contribution in [3.8, 4) is 11.5 Å². The first kappa shape index (κ1) is 16.8. The predicted octanol–water partition coefficient (Wildman–Crippen LogP) is 2.38. The number of sulfone groups is 1. The van der Waals surface area contributed by atoms with Gasteiger partial charge in [-0.25, -0.2) is 13.2 Å². The Labute approximate surface area is 134 Å². The molecule has 122 valence electrons. The van der Waals surface area contributed by atoms with Crippen LogP contribution in [0, 0.1) is 0 Å². The average Bonchev–Trinajstić information content (AvgIpc) is 2.54. The van der Waals surface area contributed by atoms with Crippen molar-refractivity contribution in [2.75, 3.05) is 14.2 Å². The molecule has 0 aromatic heterocycles. The Bertz CT molecular complexity index is 804. The van der Waals surface area contributed by atoms with E-state index in [-0.39, 0.29) is 16.2 Å². The fourth-order valence-corrected chi connectivity index (χ4v) is 3.44. The standard InChI is InChI=1S/C16H16O6S/c1-21-13-6-11(7-14(9-13)22-2)10-23(19,20)15-5-3-4-12(8-15)16(17)18/h3-9H,10H2,1-2H3,(H,17,18). The summed E-state index contributed by atoms with van der Waals surface area (Å²) in [6.07, 6.45) is 0. The molecule has 0 bridgehead atoms. The fraction of sp³-hybridized carbons (Fsp3) is 0.188. The first-order chi connectivity index (χ1) is 10.9. The van der Waals surface area contributed by atoms with Crippen LogP contribution in [-0.2, 0) is 15.6 Å². The molecule has 0 unspecified atom stereocenters. The van der Waals surface area contributed by atoms with E-state index in [0.29, 0.717) is 17.1 Å². The smallest absolute Gasteiger partial charge is 0.335 e. The van der Waals surface area contributed by atoms with Crippen LogP contribution < -0.4 is 9.47 Å². The lowest BCUT2D eigenvalue weighted by Gasteiger charge is -2.09. The summed E-state index contributed by atoms with van der Waals surface area (Å²) in [5, 5.41) is 8.97. The van der Waals surface area contributed by atoms with Crippen LogP contribution in [-0.4, -0.2) is 33.7 Å². The zero-order valence-corrected chi connectivity index (χ0v) is 13.5. The summed E-state index contributed by atoms with van der Waals surface area (Å²) in [5.41, 5.74) is 0.413. The highest BCUT2D eigenvalue weighted by Gasteiger charge is 2.18. The topological polar surface area (TPSA) is 89.9 Å². The van der Waals surface area contributed by atoms with Crippen molar-refractivity contribution in [3.05, 3.63) is 53.6 Å². The highest BCUT2D eigenvalue weighted by atomic mass is 32.2. The van der Waals surface area contributed by atoms with Crippen molar-refractivity contribution >= 4 is 15.8 Å². The zero-order valence-electron chi connectivity index (χ0n) is 12.6. The molecule has 0 radical (unpaired) electrons. The van der Waals surface area contributed by atoms with E-state index in [1.54, 1.807) is 18.2 Å². The maximum atomic E-state index is 12.5. The third kappa shape index (κ3) is 4.01. The molecule has 0 saturated carbocycles. The molecular formula is C16H16O6S. The summed E-state index contributed by atoms with van der Waals surface area (Å²) >= 11 is 0. The molecule has 7 heteroatoms. The van der Waals surface area contributed by atoms with Gasteiger partial charge in [0, 0.05) is 6.07 Å². The molecule has 0 spiro atoms. The van der Waals surface area contributed by atoms with Gasteiger partial charge in [0.25, 0.3) is 0 Å². The van der Waals surface area contributed by atoms with Gasteiger partial charge >= 0.3 is 5.97 Å². The average molecular weight is 336 g/mol. The highest BCUT2D eigenvalue weighted by Crippen LogP contribution is 2.26. The first-order valence-corrected chi connectivity index (χ1v) is 8.29. The number of benzene rings is 2. The van der Waals surface area contributed by atoms with Crippen LogP contribution in [0.15, 0.2) is 47.4 Å². The van der Waals surface area contributed by atoms with Crippen molar-refractivity contribution < 1.29 is 27.8 Å². The number of carboxylic acid groups (broad SMARTS) is 1. The highest BCUT2D eigenvalue weighted by molar-refractivity contribution is 7.90. The molecule has 0 aliphatic rings. The van der Waals surface area contributed by atoms with E-state index in [1.807, 2.05) is 0 Å². The van der Waals surface area contributed by atoms with Crippen LogP contribution in [0.1, 0.15) is 15.9 Å². The van der Waals surface area contributed by atoms with Crippen molar-refractivity contribution in [1.29, 1.82) is 0 Å². The quantitative estimate of drug-likeness (QED) is 0.871. The van der Waals surface area contributed by atoms with Crippen LogP contribution in [0.3, 0.4) is 0 Å². The molecule has 0 amide bonds. The van der Waals surface area contributed by atoms with Gasteiger partial charge < -0.3 is 14.6 Å². The van der Waals surface area contributed by atoms with E-state index >= 15 is 0 Å². The number of methoxy groups -OCH3 is 2. The number of hydrogen-bond donors (Lipinski definition) is 1. The van der Waals surface area contributed by atoms with Crippen LogP contribution >= 0.6 is 0 Å². The summed E-state index contributed by atoms with van der Waals surface area (Å²) in [7, 11) is -0.743. The number of carboxylic acids is 1. The van der Waals surface area contributed by atoms with Crippen molar-refractivity contribution in [2.24, 2.45) is 0 Å². The van der Waals surface area contributed by atoms with Gasteiger partial charge in [0.05, 0.1) is 30.4 Å². The summed E-state index contributed by atoms with van der Waals surface area (Å²) in [6.45, 7) is 0. The van der Waals surface area contributed by atoms with Crippen molar-refractivity contribution in [2.45, 2.75) is 10.6 Å². The lowest BCUT2D eigenvalue weighted by atomic mass is 10.2. The van der Waals surface area contributed by atoms with Gasteiger partial charge in [-0.3, -0.25) is 0 Å². The normalized spacial score (nSPS) is 11.0. The van der Waals surface area contributed by atoms with Gasteiger partial charge in [-0.05, 0) is 35.9 Å². The van der Waals surface area contributed by atoms with Crippen LogP contribution in [0.4, 0.5) is 0 Å². The molecule has 2 aromatic carbocycles. The molecule has 1 N–H and O–H groups in total. The number of aromatic carboxylic acids is 1. The Morgan fingerprint density at radius 2 is 1.65 bits per heavy atom. The van der Waals surface area contributed by atoms with Gasteiger partial charge in [-0.1, -0.05) is 6.07 Å².